The molecule has 3 amide bonds. The highest BCUT2D eigenvalue weighted by Gasteiger charge is 2.33. The predicted molar refractivity (Wildman–Crippen MR) is 114 cm³/mol. The normalized spacial score (nSPS) is 13.9. The molecule has 9 nitrogen and oxygen atoms in total. The number of benzene rings is 2. The molecule has 1 aliphatic heterocycles. The summed E-state index contributed by atoms with van der Waals surface area (Å²) in [5.74, 6) is -1.31. The quantitative estimate of drug-likeness (QED) is 0.235. The third-order valence-electron chi connectivity index (χ3n) is 5.36. The number of carboxylic acid groups (broad SMARTS) is 1. The van der Waals surface area contributed by atoms with Crippen LogP contribution < -0.4 is 15.7 Å². The van der Waals surface area contributed by atoms with Gasteiger partial charge in [0.05, 0.1) is 17.7 Å². The maximum Gasteiger partial charge on any atom is 0.416 e. The summed E-state index contributed by atoms with van der Waals surface area (Å²) >= 11 is 0. The minimum absolute atomic E-state index is 0.0163. The van der Waals surface area contributed by atoms with E-state index in [1.54, 1.807) is 5.48 Å². The summed E-state index contributed by atoms with van der Waals surface area (Å²) in [5, 5.41) is 27.8. The Morgan fingerprint density at radius 1 is 1.15 bits per heavy atom. The van der Waals surface area contributed by atoms with Gasteiger partial charge in [-0.3, -0.25) is 25.7 Å². The Labute approximate surface area is 191 Å². The molecule has 12 heteroatoms. The summed E-state index contributed by atoms with van der Waals surface area (Å²) in [6.07, 6.45) is -6.02. The summed E-state index contributed by atoms with van der Waals surface area (Å²) in [7, 11) is 0. The van der Waals surface area contributed by atoms with Gasteiger partial charge in [-0.15, -0.1) is 0 Å². The van der Waals surface area contributed by atoms with Gasteiger partial charge < -0.3 is 10.4 Å². The maximum absolute atomic E-state index is 12.8. The lowest BCUT2D eigenvalue weighted by molar-refractivity contribution is -0.137. The highest BCUT2D eigenvalue weighted by atomic mass is 19.4. The lowest BCUT2D eigenvalue weighted by Gasteiger charge is -2.20. The second-order valence-electron chi connectivity index (χ2n) is 7.71. The average molecular weight is 478 g/mol. The van der Waals surface area contributed by atoms with Crippen LogP contribution in [-0.2, 0) is 28.6 Å². The highest BCUT2D eigenvalue weighted by Crippen LogP contribution is 2.31. The number of rotatable bonds is 7. The van der Waals surface area contributed by atoms with Gasteiger partial charge in [-0.1, -0.05) is 12.1 Å². The molecule has 1 unspecified atom stereocenters. The van der Waals surface area contributed by atoms with Crippen LogP contribution in [0, 0.1) is 5.41 Å². The molecular weight excluding hydrogens is 457 g/mol. The number of amides is 3. The van der Waals surface area contributed by atoms with Crippen molar-refractivity contribution in [2.24, 2.45) is 0 Å². The monoisotopic (exact) mass is 478 g/mol. The van der Waals surface area contributed by atoms with Crippen molar-refractivity contribution in [3.8, 4) is 0 Å². The third kappa shape index (κ3) is 5.70. The molecule has 2 aromatic carbocycles. The van der Waals surface area contributed by atoms with Crippen molar-refractivity contribution in [3.05, 3.63) is 64.7 Å². The van der Waals surface area contributed by atoms with Crippen molar-refractivity contribution in [3.63, 3.8) is 0 Å². The standard InChI is InChI=1S/C22H21F3N4O5/c23-22(24,25)15-4-1-12(2-5-15)9-16(27-21(32)33)6-8-18(30)29-17-7-3-13(20(26)28-34)10-14(17)11-19(29)31/h1-5,7,10,16,27,34H,6,8-9,11H2,(H2,26,28)(H,32,33). The molecule has 5 N–H and O–H groups in total. The first-order valence-electron chi connectivity index (χ1n) is 10.1. The number of alkyl halides is 3. The second kappa shape index (κ2) is 9.91. The Hall–Kier alpha value is -3.93. The van der Waals surface area contributed by atoms with Gasteiger partial charge >= 0.3 is 12.3 Å². The van der Waals surface area contributed by atoms with E-state index in [1.807, 2.05) is 0 Å². The van der Waals surface area contributed by atoms with Crippen molar-refractivity contribution in [1.29, 1.82) is 5.41 Å². The van der Waals surface area contributed by atoms with Crippen LogP contribution in [0.1, 0.15) is 35.1 Å². The van der Waals surface area contributed by atoms with Crippen molar-refractivity contribution in [2.75, 3.05) is 4.90 Å². The summed E-state index contributed by atoms with van der Waals surface area (Å²) < 4.78 is 38.2. The minimum Gasteiger partial charge on any atom is -0.465 e. The Bertz CT molecular complexity index is 1120. The van der Waals surface area contributed by atoms with Crippen molar-refractivity contribution in [2.45, 2.75) is 37.9 Å². The van der Waals surface area contributed by atoms with E-state index in [0.717, 1.165) is 17.0 Å². The lowest BCUT2D eigenvalue weighted by atomic mass is 10.00. The maximum atomic E-state index is 12.8. The third-order valence-corrected chi connectivity index (χ3v) is 5.36. The first-order valence-corrected chi connectivity index (χ1v) is 10.1. The Morgan fingerprint density at radius 3 is 2.41 bits per heavy atom. The number of anilines is 1. The number of imide groups is 1. The number of hydroxylamine groups is 1. The van der Waals surface area contributed by atoms with Crippen LogP contribution in [0.2, 0.25) is 0 Å². The molecule has 0 spiro atoms. The predicted octanol–water partition coefficient (Wildman–Crippen LogP) is 3.08. The fourth-order valence-corrected chi connectivity index (χ4v) is 3.74. The number of carbonyl (C=O) groups is 3. The second-order valence-corrected chi connectivity index (χ2v) is 7.71. The van der Waals surface area contributed by atoms with Gasteiger partial charge in [0.1, 0.15) is 5.84 Å². The van der Waals surface area contributed by atoms with E-state index < -0.39 is 35.7 Å². The molecule has 180 valence electrons. The van der Waals surface area contributed by atoms with Gasteiger partial charge in [0.2, 0.25) is 11.8 Å². The van der Waals surface area contributed by atoms with Gasteiger partial charge in [0, 0.05) is 18.0 Å². The van der Waals surface area contributed by atoms with Gasteiger partial charge in [-0.05, 0) is 54.3 Å². The summed E-state index contributed by atoms with van der Waals surface area (Å²) in [4.78, 5) is 37.4. The fraction of sp³-hybridized carbons (Fsp3) is 0.273. The number of hydrogen-bond acceptors (Lipinski definition) is 5. The molecule has 0 aromatic heterocycles. The van der Waals surface area contributed by atoms with Crippen molar-refractivity contribution in [1.82, 2.24) is 10.8 Å². The Kier molecular flexibility index (Phi) is 7.20. The molecule has 1 heterocycles. The number of hydrogen-bond donors (Lipinski definition) is 5. The molecule has 2 aromatic rings. The fourth-order valence-electron chi connectivity index (χ4n) is 3.74. The van der Waals surface area contributed by atoms with E-state index in [4.69, 9.17) is 15.7 Å². The molecule has 34 heavy (non-hydrogen) atoms. The molecule has 0 fully saturated rings. The van der Waals surface area contributed by atoms with Gasteiger partial charge in [0.25, 0.3) is 0 Å². The van der Waals surface area contributed by atoms with Gasteiger partial charge in [-0.2, -0.15) is 13.2 Å². The molecule has 3 rings (SSSR count). The topological polar surface area (TPSA) is 143 Å². The molecule has 0 aliphatic carbocycles. The number of halogens is 3. The largest absolute Gasteiger partial charge is 0.465 e. The summed E-state index contributed by atoms with van der Waals surface area (Å²) in [6, 6.07) is 7.98. The lowest BCUT2D eigenvalue weighted by Crippen LogP contribution is -2.38. The first kappa shape index (κ1) is 24.7. The highest BCUT2D eigenvalue weighted by molar-refractivity contribution is 6.19. The summed E-state index contributed by atoms with van der Waals surface area (Å²) in [5.41, 5.74) is 2.50. The zero-order valence-corrected chi connectivity index (χ0v) is 17.6. The molecule has 0 radical (unpaired) electrons. The smallest absolute Gasteiger partial charge is 0.416 e. The van der Waals surface area contributed by atoms with E-state index in [2.05, 4.69) is 5.32 Å². The molecule has 1 aliphatic rings. The van der Waals surface area contributed by atoms with E-state index in [-0.39, 0.29) is 31.5 Å². The van der Waals surface area contributed by atoms with Gasteiger partial charge in [0.15, 0.2) is 0 Å². The number of amidine groups is 1. The zero-order valence-electron chi connectivity index (χ0n) is 17.6. The molecular formula is C22H21F3N4O5. The Balaban J connectivity index is 1.69. The van der Waals surface area contributed by atoms with E-state index in [9.17, 15) is 27.6 Å². The molecule has 0 saturated carbocycles. The molecule has 0 saturated heterocycles. The van der Waals surface area contributed by atoms with Crippen molar-refractivity contribution >= 4 is 29.4 Å². The molecule has 1 atom stereocenters. The van der Waals surface area contributed by atoms with Crippen LogP contribution in [0.4, 0.5) is 23.7 Å². The van der Waals surface area contributed by atoms with Crippen LogP contribution in [0.3, 0.4) is 0 Å². The average Bonchev–Trinajstić information content (AvgIpc) is 3.11. The zero-order chi connectivity index (χ0) is 25.0. The van der Waals surface area contributed by atoms with Crippen molar-refractivity contribution < 1.29 is 37.9 Å². The minimum atomic E-state index is -4.49. The van der Waals surface area contributed by atoms with Crippen LogP contribution in [0.25, 0.3) is 0 Å². The van der Waals surface area contributed by atoms with Crippen LogP contribution in [0.5, 0.6) is 0 Å². The number of nitrogens with one attached hydrogen (secondary N) is 3. The van der Waals surface area contributed by atoms with Crippen LogP contribution in [-0.4, -0.2) is 40.1 Å². The van der Waals surface area contributed by atoms with E-state index >= 15 is 0 Å². The SMILES string of the molecule is N=C(NO)c1ccc2c(c1)CC(=O)N2C(=O)CCC(Cc1ccc(C(F)(F)F)cc1)NC(=O)O. The van der Waals surface area contributed by atoms with Gasteiger partial charge in [-0.25, -0.2) is 9.69 Å². The van der Waals surface area contributed by atoms with Crippen LogP contribution in [0.15, 0.2) is 42.5 Å². The Morgan fingerprint density at radius 2 is 1.82 bits per heavy atom. The van der Waals surface area contributed by atoms with E-state index in [0.29, 0.717) is 22.4 Å². The van der Waals surface area contributed by atoms with E-state index in [1.165, 1.54) is 30.3 Å². The number of fused-ring (bicyclic) bond motifs is 1. The summed E-state index contributed by atoms with van der Waals surface area (Å²) in [6.45, 7) is 0. The first-order chi connectivity index (χ1) is 16.0. The molecule has 0 bridgehead atoms. The number of carbonyl (C=O) groups excluding carboxylic acids is 2. The number of nitrogens with zero attached hydrogens (tertiary/aromatic N) is 1. The van der Waals surface area contributed by atoms with Crippen LogP contribution >= 0.6 is 0 Å².